The molecule has 0 unspecified atom stereocenters. The monoisotopic (exact) mass is 309 g/mol. The molecule has 1 aromatic heterocycles. The highest BCUT2D eigenvalue weighted by Crippen LogP contribution is 2.30. The minimum atomic E-state index is -0.387. The molecule has 112 valence electrons. The van der Waals surface area contributed by atoms with Gasteiger partial charge in [-0.3, -0.25) is 4.68 Å². The summed E-state index contributed by atoms with van der Waals surface area (Å²) in [5, 5.41) is 4.67. The molecule has 0 amide bonds. The second-order valence-electron chi connectivity index (χ2n) is 5.36. The van der Waals surface area contributed by atoms with Crippen molar-refractivity contribution in [3.63, 3.8) is 0 Å². The summed E-state index contributed by atoms with van der Waals surface area (Å²) in [6.45, 7) is 2.44. The molecule has 21 heavy (non-hydrogen) atoms. The number of hydrogen-bond donors (Lipinski definition) is 1. The summed E-state index contributed by atoms with van der Waals surface area (Å²) in [7, 11) is 0. The van der Waals surface area contributed by atoms with Crippen LogP contribution >= 0.6 is 11.6 Å². The minimum absolute atomic E-state index is 0.243. The van der Waals surface area contributed by atoms with Gasteiger partial charge in [-0.25, -0.2) is 4.39 Å². The van der Waals surface area contributed by atoms with Gasteiger partial charge in [0.25, 0.3) is 0 Å². The molecule has 0 atom stereocenters. The summed E-state index contributed by atoms with van der Waals surface area (Å²) >= 11 is 5.97. The maximum Gasteiger partial charge on any atom is 0.133 e. The van der Waals surface area contributed by atoms with Gasteiger partial charge in [0.05, 0.1) is 16.9 Å². The van der Waals surface area contributed by atoms with Crippen LogP contribution in [-0.4, -0.2) is 23.0 Å². The third-order valence-corrected chi connectivity index (χ3v) is 4.14. The Morgan fingerprint density at radius 2 is 2.14 bits per heavy atom. The average molecular weight is 310 g/mol. The van der Waals surface area contributed by atoms with Crippen LogP contribution in [0.2, 0.25) is 5.02 Å². The predicted molar refractivity (Wildman–Crippen MR) is 80.6 cm³/mol. The van der Waals surface area contributed by atoms with E-state index in [1.54, 1.807) is 12.3 Å². The van der Waals surface area contributed by atoms with Crippen LogP contribution in [0.15, 0.2) is 24.5 Å². The van der Waals surface area contributed by atoms with E-state index in [0.29, 0.717) is 22.1 Å². The summed E-state index contributed by atoms with van der Waals surface area (Å²) in [4.78, 5) is 0. The number of nitrogens with zero attached hydrogens (tertiary/aromatic N) is 2. The van der Waals surface area contributed by atoms with Crippen LogP contribution in [0.5, 0.6) is 0 Å². The minimum Gasteiger partial charge on any atom is -0.397 e. The van der Waals surface area contributed by atoms with Gasteiger partial charge >= 0.3 is 0 Å². The van der Waals surface area contributed by atoms with Crippen LogP contribution in [0.25, 0.3) is 11.1 Å². The summed E-state index contributed by atoms with van der Waals surface area (Å²) in [6, 6.07) is 2.79. The molecule has 1 aliphatic heterocycles. The van der Waals surface area contributed by atoms with Crippen molar-refractivity contribution in [2.24, 2.45) is 5.92 Å². The third-order valence-electron chi connectivity index (χ3n) is 3.82. The number of rotatable bonds is 3. The van der Waals surface area contributed by atoms with Gasteiger partial charge in [-0.15, -0.1) is 0 Å². The Morgan fingerprint density at radius 1 is 1.38 bits per heavy atom. The summed E-state index contributed by atoms with van der Waals surface area (Å²) in [5.74, 6) is 0.175. The lowest BCUT2D eigenvalue weighted by Crippen LogP contribution is -2.20. The molecule has 0 aliphatic carbocycles. The molecular weight excluding hydrogens is 293 g/mol. The quantitative estimate of drug-likeness (QED) is 0.885. The maximum absolute atomic E-state index is 14.0. The zero-order valence-electron chi connectivity index (χ0n) is 11.6. The third kappa shape index (κ3) is 3.19. The summed E-state index contributed by atoms with van der Waals surface area (Å²) < 4.78 is 21.2. The predicted octanol–water partition coefficient (Wildman–Crippen LogP) is 3.35. The van der Waals surface area contributed by atoms with Crippen LogP contribution in [0.3, 0.4) is 0 Å². The first-order chi connectivity index (χ1) is 10.1. The van der Waals surface area contributed by atoms with Crippen LogP contribution in [-0.2, 0) is 11.3 Å². The lowest BCUT2D eigenvalue weighted by Gasteiger charge is -2.21. The first kappa shape index (κ1) is 14.4. The second-order valence-corrected chi connectivity index (χ2v) is 5.77. The fraction of sp³-hybridized carbons (Fsp3) is 0.400. The molecule has 2 aromatic rings. The molecule has 0 radical (unpaired) electrons. The van der Waals surface area contributed by atoms with E-state index in [1.165, 1.54) is 6.07 Å². The SMILES string of the molecule is Nc1cc(F)c(-c2cnn(CC3CCOCC3)c2)cc1Cl. The fourth-order valence-corrected chi connectivity index (χ4v) is 2.74. The number of nitrogen functional groups attached to an aromatic ring is 1. The van der Waals surface area contributed by atoms with Gasteiger partial charge in [-0.1, -0.05) is 11.6 Å². The Hall–Kier alpha value is -1.59. The van der Waals surface area contributed by atoms with E-state index in [-0.39, 0.29) is 11.5 Å². The number of benzene rings is 1. The first-order valence-corrected chi connectivity index (χ1v) is 7.36. The highest BCUT2D eigenvalue weighted by molar-refractivity contribution is 6.33. The van der Waals surface area contributed by atoms with Gasteiger partial charge in [0, 0.05) is 37.1 Å². The van der Waals surface area contributed by atoms with Crippen LogP contribution in [0.4, 0.5) is 10.1 Å². The second kappa shape index (κ2) is 6.03. The molecular formula is C15H17ClFN3O. The average Bonchev–Trinajstić information content (AvgIpc) is 2.92. The van der Waals surface area contributed by atoms with Gasteiger partial charge < -0.3 is 10.5 Å². The van der Waals surface area contributed by atoms with Crippen LogP contribution < -0.4 is 5.73 Å². The molecule has 0 bridgehead atoms. The number of nitrogens with two attached hydrogens (primary N) is 1. The number of halogens is 2. The van der Waals surface area contributed by atoms with E-state index in [4.69, 9.17) is 22.1 Å². The molecule has 1 saturated heterocycles. The molecule has 1 aliphatic rings. The van der Waals surface area contributed by atoms with E-state index in [1.807, 2.05) is 10.9 Å². The van der Waals surface area contributed by atoms with Crippen LogP contribution in [0.1, 0.15) is 12.8 Å². The largest absolute Gasteiger partial charge is 0.397 e. The Bertz CT molecular complexity index is 638. The van der Waals surface area contributed by atoms with Crippen molar-refractivity contribution >= 4 is 17.3 Å². The van der Waals surface area contributed by atoms with Crippen molar-refractivity contribution < 1.29 is 9.13 Å². The number of aromatic nitrogens is 2. The van der Waals surface area contributed by atoms with Gasteiger partial charge in [-0.05, 0) is 30.9 Å². The fourth-order valence-electron chi connectivity index (χ4n) is 2.58. The van der Waals surface area contributed by atoms with Crippen LogP contribution in [0, 0.1) is 11.7 Å². The van der Waals surface area contributed by atoms with Gasteiger partial charge in [-0.2, -0.15) is 5.10 Å². The molecule has 2 heterocycles. The van der Waals surface area contributed by atoms with E-state index in [9.17, 15) is 4.39 Å². The zero-order chi connectivity index (χ0) is 14.8. The zero-order valence-corrected chi connectivity index (χ0v) is 12.3. The lowest BCUT2D eigenvalue weighted by molar-refractivity contribution is 0.0601. The van der Waals surface area contributed by atoms with Crippen molar-refractivity contribution in [3.05, 3.63) is 35.4 Å². The standard InChI is InChI=1S/C15H17ClFN3O/c16-13-5-12(14(17)6-15(13)18)11-7-19-20(9-11)8-10-1-3-21-4-2-10/h5-7,9-10H,1-4,8,18H2. The van der Waals surface area contributed by atoms with Crippen molar-refractivity contribution in [1.29, 1.82) is 0 Å². The van der Waals surface area contributed by atoms with Crippen molar-refractivity contribution in [1.82, 2.24) is 9.78 Å². The molecule has 1 fully saturated rings. The van der Waals surface area contributed by atoms with E-state index >= 15 is 0 Å². The van der Waals surface area contributed by atoms with E-state index in [0.717, 1.165) is 32.6 Å². The van der Waals surface area contributed by atoms with E-state index in [2.05, 4.69) is 5.10 Å². The molecule has 2 N–H and O–H groups in total. The topological polar surface area (TPSA) is 53.1 Å². The normalized spacial score (nSPS) is 16.3. The Kier molecular flexibility index (Phi) is 4.12. The highest BCUT2D eigenvalue weighted by atomic mass is 35.5. The lowest BCUT2D eigenvalue weighted by atomic mass is 10.0. The first-order valence-electron chi connectivity index (χ1n) is 6.98. The number of ether oxygens (including phenoxy) is 1. The summed E-state index contributed by atoms with van der Waals surface area (Å²) in [6.07, 6.45) is 5.58. The Balaban J connectivity index is 1.79. The maximum atomic E-state index is 14.0. The molecule has 1 aromatic carbocycles. The summed E-state index contributed by atoms with van der Waals surface area (Å²) in [5.41, 5.74) is 6.97. The smallest absolute Gasteiger partial charge is 0.133 e. The van der Waals surface area contributed by atoms with Crippen molar-refractivity contribution in [3.8, 4) is 11.1 Å². The van der Waals surface area contributed by atoms with Gasteiger partial charge in [0.15, 0.2) is 0 Å². The van der Waals surface area contributed by atoms with Gasteiger partial charge in [0.1, 0.15) is 5.82 Å². The molecule has 0 spiro atoms. The molecule has 3 rings (SSSR count). The molecule has 6 heteroatoms. The number of anilines is 1. The molecule has 4 nitrogen and oxygen atoms in total. The van der Waals surface area contributed by atoms with Gasteiger partial charge in [0.2, 0.25) is 0 Å². The van der Waals surface area contributed by atoms with Crippen molar-refractivity contribution in [2.45, 2.75) is 19.4 Å². The van der Waals surface area contributed by atoms with E-state index < -0.39 is 0 Å². The highest BCUT2D eigenvalue weighted by Gasteiger charge is 2.16. The Morgan fingerprint density at radius 3 is 2.90 bits per heavy atom. The number of hydrogen-bond acceptors (Lipinski definition) is 3. The Labute approximate surface area is 127 Å². The molecule has 0 saturated carbocycles. The van der Waals surface area contributed by atoms with Crippen molar-refractivity contribution in [2.75, 3.05) is 18.9 Å².